The van der Waals surface area contributed by atoms with E-state index in [9.17, 15) is 9.18 Å². The molecule has 0 bridgehead atoms. The van der Waals surface area contributed by atoms with Crippen LogP contribution in [0.5, 0.6) is 0 Å². The van der Waals surface area contributed by atoms with Crippen LogP contribution in [-0.4, -0.2) is 16.5 Å². The molecule has 3 N–H and O–H groups in total. The van der Waals surface area contributed by atoms with E-state index in [1.807, 2.05) is 0 Å². The molecule has 0 unspecified atom stereocenters. The molecule has 1 fully saturated rings. The lowest BCUT2D eigenvalue weighted by molar-refractivity contribution is 0.571. The molecule has 0 aromatic carbocycles. The highest BCUT2D eigenvalue weighted by atomic mass is 19.1. The number of hydrogen-bond acceptors (Lipinski definition) is 3. The Morgan fingerprint density at radius 1 is 1.57 bits per heavy atom. The molecular weight excluding hydrogens is 185 g/mol. The molecule has 14 heavy (non-hydrogen) atoms. The van der Waals surface area contributed by atoms with Crippen LogP contribution in [0.15, 0.2) is 4.79 Å². The zero-order chi connectivity index (χ0) is 10.1. The lowest BCUT2D eigenvalue weighted by atomic mass is 10.2. The van der Waals surface area contributed by atoms with Gasteiger partial charge in [-0.05, 0) is 19.4 Å². The van der Waals surface area contributed by atoms with Crippen molar-refractivity contribution in [2.75, 3.05) is 6.54 Å². The number of hydrogen-bond donors (Lipinski definition) is 2. The number of nitrogens with one attached hydrogen (secondary N) is 1. The van der Waals surface area contributed by atoms with Gasteiger partial charge in [0.05, 0.1) is 5.69 Å². The topological polar surface area (TPSA) is 71.8 Å². The van der Waals surface area contributed by atoms with E-state index >= 15 is 0 Å². The van der Waals surface area contributed by atoms with Crippen LogP contribution in [0.25, 0.3) is 0 Å². The van der Waals surface area contributed by atoms with Crippen LogP contribution in [0.1, 0.15) is 30.3 Å². The maximum absolute atomic E-state index is 13.3. The van der Waals surface area contributed by atoms with E-state index in [0.29, 0.717) is 24.5 Å². The maximum Gasteiger partial charge on any atom is 0.287 e. The smallest absolute Gasteiger partial charge is 0.287 e. The summed E-state index contributed by atoms with van der Waals surface area (Å²) in [5, 5.41) is 0. The SMILES string of the molecule is NCCc1nc(C2CC2)c(F)c(=O)[nH]1. The van der Waals surface area contributed by atoms with Crippen molar-refractivity contribution >= 4 is 0 Å². The van der Waals surface area contributed by atoms with E-state index in [-0.39, 0.29) is 5.92 Å². The van der Waals surface area contributed by atoms with Gasteiger partial charge in [0.2, 0.25) is 5.82 Å². The molecule has 0 amide bonds. The fraction of sp³-hybridized carbons (Fsp3) is 0.556. The summed E-state index contributed by atoms with van der Waals surface area (Å²) < 4.78 is 13.3. The second-order valence-corrected chi connectivity index (χ2v) is 3.52. The number of nitrogens with two attached hydrogens (primary N) is 1. The van der Waals surface area contributed by atoms with Gasteiger partial charge in [-0.1, -0.05) is 0 Å². The monoisotopic (exact) mass is 197 g/mol. The summed E-state index contributed by atoms with van der Waals surface area (Å²) >= 11 is 0. The molecule has 1 heterocycles. The summed E-state index contributed by atoms with van der Waals surface area (Å²) in [7, 11) is 0. The van der Waals surface area contributed by atoms with E-state index in [4.69, 9.17) is 5.73 Å². The summed E-state index contributed by atoms with van der Waals surface area (Å²) in [5.41, 5.74) is 4.98. The molecular formula is C9H12FN3O. The highest BCUT2D eigenvalue weighted by Crippen LogP contribution is 2.39. The van der Waals surface area contributed by atoms with Gasteiger partial charge in [0.1, 0.15) is 5.82 Å². The summed E-state index contributed by atoms with van der Waals surface area (Å²) in [6.07, 6.45) is 2.33. The van der Waals surface area contributed by atoms with Crippen molar-refractivity contribution in [3.63, 3.8) is 0 Å². The van der Waals surface area contributed by atoms with E-state index in [1.54, 1.807) is 0 Å². The number of rotatable bonds is 3. The first-order chi connectivity index (χ1) is 6.72. The molecule has 2 rings (SSSR count). The van der Waals surface area contributed by atoms with Gasteiger partial charge in [0, 0.05) is 12.3 Å². The Morgan fingerprint density at radius 2 is 2.29 bits per heavy atom. The number of halogens is 1. The van der Waals surface area contributed by atoms with Crippen LogP contribution in [0.4, 0.5) is 4.39 Å². The molecule has 0 radical (unpaired) electrons. The van der Waals surface area contributed by atoms with E-state index in [1.165, 1.54) is 0 Å². The standard InChI is InChI=1S/C9H12FN3O/c10-7-8(5-1-2-5)12-6(3-4-11)13-9(7)14/h5H,1-4,11H2,(H,12,13,14). The van der Waals surface area contributed by atoms with E-state index < -0.39 is 11.4 Å². The van der Waals surface area contributed by atoms with Crippen molar-refractivity contribution in [2.24, 2.45) is 5.73 Å². The molecule has 1 aromatic rings. The number of aromatic amines is 1. The van der Waals surface area contributed by atoms with Crippen LogP contribution in [0, 0.1) is 5.82 Å². The van der Waals surface area contributed by atoms with Crippen molar-refractivity contribution in [1.29, 1.82) is 0 Å². The first-order valence-corrected chi connectivity index (χ1v) is 4.71. The molecule has 5 heteroatoms. The zero-order valence-electron chi connectivity index (χ0n) is 7.72. The van der Waals surface area contributed by atoms with Gasteiger partial charge in [-0.15, -0.1) is 0 Å². The summed E-state index contributed by atoms with van der Waals surface area (Å²) in [4.78, 5) is 17.6. The number of H-pyrrole nitrogens is 1. The van der Waals surface area contributed by atoms with Gasteiger partial charge in [-0.3, -0.25) is 4.79 Å². The molecule has 1 aliphatic rings. The van der Waals surface area contributed by atoms with Gasteiger partial charge in [-0.2, -0.15) is 4.39 Å². The van der Waals surface area contributed by atoms with Crippen LogP contribution < -0.4 is 11.3 Å². The molecule has 0 aliphatic heterocycles. The van der Waals surface area contributed by atoms with Crippen molar-refractivity contribution < 1.29 is 4.39 Å². The van der Waals surface area contributed by atoms with Crippen molar-refractivity contribution in [3.8, 4) is 0 Å². The quantitative estimate of drug-likeness (QED) is 0.731. The second kappa shape index (κ2) is 3.49. The second-order valence-electron chi connectivity index (χ2n) is 3.52. The Kier molecular flexibility index (Phi) is 2.33. The Labute approximate surface area is 80.4 Å². The average molecular weight is 197 g/mol. The van der Waals surface area contributed by atoms with Gasteiger partial charge < -0.3 is 10.7 Å². The molecule has 1 saturated carbocycles. The normalized spacial score (nSPS) is 15.9. The Hall–Kier alpha value is -1.23. The minimum atomic E-state index is -0.728. The van der Waals surface area contributed by atoms with Gasteiger partial charge in [0.15, 0.2) is 0 Å². The van der Waals surface area contributed by atoms with Gasteiger partial charge in [-0.25, -0.2) is 4.98 Å². The maximum atomic E-state index is 13.3. The van der Waals surface area contributed by atoms with Crippen LogP contribution in [0.2, 0.25) is 0 Å². The van der Waals surface area contributed by atoms with Crippen LogP contribution >= 0.6 is 0 Å². The van der Waals surface area contributed by atoms with Gasteiger partial charge in [0.25, 0.3) is 5.56 Å². The highest BCUT2D eigenvalue weighted by molar-refractivity contribution is 5.16. The predicted octanol–water partition coefficient (Wildman–Crippen LogP) is 0.288. The third-order valence-electron chi connectivity index (χ3n) is 2.28. The molecule has 1 aromatic heterocycles. The number of nitrogens with zero attached hydrogens (tertiary/aromatic N) is 1. The van der Waals surface area contributed by atoms with Gasteiger partial charge >= 0.3 is 0 Å². The van der Waals surface area contributed by atoms with Crippen molar-refractivity contribution in [3.05, 3.63) is 27.7 Å². The highest BCUT2D eigenvalue weighted by Gasteiger charge is 2.29. The summed E-state index contributed by atoms with van der Waals surface area (Å²) in [5.74, 6) is -0.0945. The molecule has 4 nitrogen and oxygen atoms in total. The average Bonchev–Trinajstić information content (AvgIpc) is 2.94. The Bertz CT molecular complexity index is 398. The summed E-state index contributed by atoms with van der Waals surface area (Å²) in [6.45, 7) is 0.401. The van der Waals surface area contributed by atoms with Crippen molar-refractivity contribution in [1.82, 2.24) is 9.97 Å². The lowest BCUT2D eigenvalue weighted by Crippen LogP contribution is -2.20. The largest absolute Gasteiger partial charge is 0.330 e. The molecule has 76 valence electrons. The first-order valence-electron chi connectivity index (χ1n) is 4.71. The van der Waals surface area contributed by atoms with Crippen molar-refractivity contribution in [2.45, 2.75) is 25.2 Å². The molecule has 0 atom stereocenters. The fourth-order valence-corrected chi connectivity index (χ4v) is 1.41. The zero-order valence-corrected chi connectivity index (χ0v) is 7.72. The third-order valence-corrected chi connectivity index (χ3v) is 2.28. The Morgan fingerprint density at radius 3 is 2.86 bits per heavy atom. The molecule has 0 saturated heterocycles. The Balaban J connectivity index is 2.41. The lowest BCUT2D eigenvalue weighted by Gasteiger charge is -2.02. The fourth-order valence-electron chi connectivity index (χ4n) is 1.41. The minimum absolute atomic E-state index is 0.147. The minimum Gasteiger partial charge on any atom is -0.330 e. The summed E-state index contributed by atoms with van der Waals surface area (Å²) in [6, 6.07) is 0. The van der Waals surface area contributed by atoms with Crippen LogP contribution in [-0.2, 0) is 6.42 Å². The third kappa shape index (κ3) is 1.68. The molecule has 1 aliphatic carbocycles. The van der Waals surface area contributed by atoms with E-state index in [0.717, 1.165) is 12.8 Å². The van der Waals surface area contributed by atoms with E-state index in [2.05, 4.69) is 9.97 Å². The molecule has 0 spiro atoms. The predicted molar refractivity (Wildman–Crippen MR) is 49.5 cm³/mol. The van der Waals surface area contributed by atoms with Crippen LogP contribution in [0.3, 0.4) is 0 Å². The first kappa shape index (κ1) is 9.33. The number of aromatic nitrogens is 2.